The molecule has 0 bridgehead atoms. The van der Waals surface area contributed by atoms with E-state index in [1.54, 1.807) is 0 Å². The summed E-state index contributed by atoms with van der Waals surface area (Å²) < 4.78 is 4.92. The quantitative estimate of drug-likeness (QED) is 0.431. The van der Waals surface area contributed by atoms with E-state index >= 15 is 0 Å². The second-order valence-electron chi connectivity index (χ2n) is 2.56. The highest BCUT2D eigenvalue weighted by Crippen LogP contribution is 2.41. The normalized spacial score (nSPS) is 42.8. The molecule has 2 nitrogen and oxygen atoms in total. The van der Waals surface area contributed by atoms with Gasteiger partial charge in [-0.25, -0.2) is 0 Å². The van der Waals surface area contributed by atoms with Gasteiger partial charge >= 0.3 is 5.97 Å². The van der Waals surface area contributed by atoms with Gasteiger partial charge < -0.3 is 4.74 Å². The van der Waals surface area contributed by atoms with Crippen LogP contribution in [0, 0.1) is 5.92 Å². The molecule has 2 atom stereocenters. The zero-order valence-electron chi connectivity index (χ0n) is 4.59. The van der Waals surface area contributed by atoms with Gasteiger partial charge in [-0.15, -0.1) is 0 Å². The summed E-state index contributed by atoms with van der Waals surface area (Å²) in [5.41, 5.74) is 0. The summed E-state index contributed by atoms with van der Waals surface area (Å²) in [5.74, 6) is 0.747. The Morgan fingerprint density at radius 1 is 1.62 bits per heavy atom. The van der Waals surface area contributed by atoms with E-state index in [9.17, 15) is 4.79 Å². The third kappa shape index (κ3) is 0.522. The molecular weight excluding hydrogens is 104 g/mol. The van der Waals surface area contributed by atoms with Crippen LogP contribution in [0.5, 0.6) is 0 Å². The smallest absolute Gasteiger partial charge is 0.306 e. The zero-order chi connectivity index (χ0) is 5.56. The fourth-order valence-corrected chi connectivity index (χ4v) is 1.20. The topological polar surface area (TPSA) is 26.3 Å². The zero-order valence-corrected chi connectivity index (χ0v) is 4.59. The van der Waals surface area contributed by atoms with Crippen LogP contribution in [-0.2, 0) is 9.53 Å². The maximum Gasteiger partial charge on any atom is 0.306 e. The molecule has 0 N–H and O–H groups in total. The summed E-state index contributed by atoms with van der Waals surface area (Å²) in [5, 5.41) is 0. The number of carbonyl (C=O) groups is 1. The molecule has 1 aliphatic heterocycles. The maximum atomic E-state index is 10.5. The lowest BCUT2D eigenvalue weighted by atomic mass is 10.2. The number of rotatable bonds is 0. The SMILES string of the molecule is O=C1CCC2CC2O1. The Morgan fingerprint density at radius 2 is 2.50 bits per heavy atom. The van der Waals surface area contributed by atoms with Crippen molar-refractivity contribution in [2.45, 2.75) is 25.4 Å². The van der Waals surface area contributed by atoms with Gasteiger partial charge in [-0.3, -0.25) is 4.79 Å². The number of esters is 1. The third-order valence-electron chi connectivity index (χ3n) is 1.86. The van der Waals surface area contributed by atoms with Gasteiger partial charge in [0.25, 0.3) is 0 Å². The first kappa shape index (κ1) is 4.36. The van der Waals surface area contributed by atoms with E-state index in [1.165, 1.54) is 0 Å². The van der Waals surface area contributed by atoms with Gasteiger partial charge in [-0.1, -0.05) is 0 Å². The van der Waals surface area contributed by atoms with Crippen molar-refractivity contribution >= 4 is 5.97 Å². The number of hydrogen-bond acceptors (Lipinski definition) is 2. The largest absolute Gasteiger partial charge is 0.462 e. The molecule has 0 amide bonds. The fraction of sp³-hybridized carbons (Fsp3) is 0.833. The first-order valence-corrected chi connectivity index (χ1v) is 3.06. The molecule has 0 aromatic rings. The van der Waals surface area contributed by atoms with Crippen LogP contribution < -0.4 is 0 Å². The lowest BCUT2D eigenvalue weighted by molar-refractivity contribution is -0.148. The molecule has 1 saturated heterocycles. The standard InChI is InChI=1S/C6H8O2/c7-6-2-1-4-3-5(4)8-6/h4-5H,1-3H2. The molecule has 0 spiro atoms. The number of ether oxygens (including phenoxy) is 1. The monoisotopic (exact) mass is 112 g/mol. The summed E-state index contributed by atoms with van der Waals surface area (Å²) in [4.78, 5) is 10.5. The van der Waals surface area contributed by atoms with Gasteiger partial charge in [0.05, 0.1) is 0 Å². The third-order valence-corrected chi connectivity index (χ3v) is 1.86. The summed E-state index contributed by atoms with van der Waals surface area (Å²) in [6.45, 7) is 0. The molecule has 2 rings (SSSR count). The fourth-order valence-electron chi connectivity index (χ4n) is 1.20. The molecule has 44 valence electrons. The molecule has 0 aromatic carbocycles. The highest BCUT2D eigenvalue weighted by molar-refractivity contribution is 5.70. The Kier molecular flexibility index (Phi) is 0.678. The molecule has 2 unspecified atom stereocenters. The average Bonchev–Trinajstić information content (AvgIpc) is 2.43. The second kappa shape index (κ2) is 1.24. The lowest BCUT2D eigenvalue weighted by Crippen LogP contribution is -2.12. The second-order valence-corrected chi connectivity index (χ2v) is 2.56. The van der Waals surface area contributed by atoms with Crippen molar-refractivity contribution in [1.82, 2.24) is 0 Å². The van der Waals surface area contributed by atoms with Crippen LogP contribution in [0.2, 0.25) is 0 Å². The highest BCUT2D eigenvalue weighted by Gasteiger charge is 2.43. The summed E-state index contributed by atoms with van der Waals surface area (Å²) in [6.07, 6.45) is 3.19. The van der Waals surface area contributed by atoms with Crippen LogP contribution in [0.1, 0.15) is 19.3 Å². The van der Waals surface area contributed by atoms with Gasteiger partial charge in [-0.05, 0) is 12.8 Å². The van der Waals surface area contributed by atoms with Crippen LogP contribution in [0.25, 0.3) is 0 Å². The van der Waals surface area contributed by atoms with Crippen molar-refractivity contribution in [2.24, 2.45) is 5.92 Å². The van der Waals surface area contributed by atoms with E-state index in [0.29, 0.717) is 12.5 Å². The number of carbonyl (C=O) groups excluding carboxylic acids is 1. The van der Waals surface area contributed by atoms with Crippen molar-refractivity contribution in [2.75, 3.05) is 0 Å². The summed E-state index contributed by atoms with van der Waals surface area (Å²) in [6, 6.07) is 0. The Morgan fingerprint density at radius 3 is 3.12 bits per heavy atom. The van der Waals surface area contributed by atoms with Crippen LogP contribution >= 0.6 is 0 Å². The van der Waals surface area contributed by atoms with Crippen molar-refractivity contribution in [1.29, 1.82) is 0 Å². The first-order chi connectivity index (χ1) is 3.86. The Labute approximate surface area is 47.8 Å². The van der Waals surface area contributed by atoms with Crippen LogP contribution in [0.3, 0.4) is 0 Å². The van der Waals surface area contributed by atoms with Gasteiger partial charge in [0.1, 0.15) is 6.10 Å². The van der Waals surface area contributed by atoms with E-state index in [0.717, 1.165) is 18.8 Å². The Hall–Kier alpha value is -0.530. The predicted octanol–water partition coefficient (Wildman–Crippen LogP) is 0.712. The summed E-state index contributed by atoms with van der Waals surface area (Å²) in [7, 11) is 0. The number of hydrogen-bond donors (Lipinski definition) is 0. The summed E-state index contributed by atoms with van der Waals surface area (Å²) >= 11 is 0. The minimum absolute atomic E-state index is 0.00347. The van der Waals surface area contributed by atoms with Gasteiger partial charge in [0.15, 0.2) is 0 Å². The lowest BCUT2D eigenvalue weighted by Gasteiger charge is -2.07. The number of fused-ring (bicyclic) bond motifs is 1. The minimum atomic E-state index is 0.00347. The van der Waals surface area contributed by atoms with Crippen LogP contribution in [-0.4, -0.2) is 12.1 Å². The van der Waals surface area contributed by atoms with Crippen molar-refractivity contribution < 1.29 is 9.53 Å². The Balaban J connectivity index is 2.02. The predicted molar refractivity (Wildman–Crippen MR) is 27.2 cm³/mol. The highest BCUT2D eigenvalue weighted by atomic mass is 16.6. The molecule has 2 heteroatoms. The van der Waals surface area contributed by atoms with Crippen molar-refractivity contribution in [3.8, 4) is 0 Å². The average molecular weight is 112 g/mol. The van der Waals surface area contributed by atoms with E-state index < -0.39 is 0 Å². The van der Waals surface area contributed by atoms with Crippen LogP contribution in [0.4, 0.5) is 0 Å². The van der Waals surface area contributed by atoms with Gasteiger partial charge in [0, 0.05) is 12.3 Å². The molecule has 2 aliphatic rings. The van der Waals surface area contributed by atoms with E-state index in [2.05, 4.69) is 0 Å². The first-order valence-electron chi connectivity index (χ1n) is 3.06. The molecule has 1 heterocycles. The van der Waals surface area contributed by atoms with Gasteiger partial charge in [0.2, 0.25) is 0 Å². The minimum Gasteiger partial charge on any atom is -0.462 e. The maximum absolute atomic E-state index is 10.5. The Bertz CT molecular complexity index is 130. The van der Waals surface area contributed by atoms with E-state index in [-0.39, 0.29) is 5.97 Å². The van der Waals surface area contributed by atoms with E-state index in [1.807, 2.05) is 0 Å². The van der Waals surface area contributed by atoms with Crippen LogP contribution in [0.15, 0.2) is 0 Å². The molecule has 0 aromatic heterocycles. The molecule has 2 fully saturated rings. The van der Waals surface area contributed by atoms with Crippen molar-refractivity contribution in [3.63, 3.8) is 0 Å². The van der Waals surface area contributed by atoms with Gasteiger partial charge in [-0.2, -0.15) is 0 Å². The van der Waals surface area contributed by atoms with Crippen molar-refractivity contribution in [3.05, 3.63) is 0 Å². The molecule has 0 radical (unpaired) electrons. The van der Waals surface area contributed by atoms with E-state index in [4.69, 9.17) is 4.74 Å². The molecular formula is C6H8O2. The molecule has 8 heavy (non-hydrogen) atoms. The molecule has 1 saturated carbocycles. The molecule has 1 aliphatic carbocycles.